The molecule has 100 valence electrons. The Morgan fingerprint density at radius 3 is 2.79 bits per heavy atom. The summed E-state index contributed by atoms with van der Waals surface area (Å²) in [5.41, 5.74) is 0.469. The van der Waals surface area contributed by atoms with Crippen LogP contribution in [-0.4, -0.2) is 41.6 Å². The quantitative estimate of drug-likeness (QED) is 0.907. The zero-order valence-corrected chi connectivity index (χ0v) is 10.8. The molecule has 0 atom stereocenters. The molecular formula is C12H12ClN3O3. The molecule has 0 saturated carbocycles. The summed E-state index contributed by atoms with van der Waals surface area (Å²) in [5.74, 6) is 0.799. The Balaban J connectivity index is 1.87. The van der Waals surface area contributed by atoms with E-state index in [2.05, 4.69) is 10.1 Å². The van der Waals surface area contributed by atoms with E-state index in [1.54, 1.807) is 12.1 Å². The van der Waals surface area contributed by atoms with Crippen molar-refractivity contribution in [2.24, 2.45) is 0 Å². The molecule has 1 aliphatic heterocycles. The standard InChI is InChI=1S/C12H12ClN3O3/c13-8-1-2-9(10(17)7-8)11-14-12(15-19-11)16-3-5-18-6-4-16/h1-2,7,17H,3-6H2. The molecule has 1 aromatic carbocycles. The highest BCUT2D eigenvalue weighted by Crippen LogP contribution is 2.31. The van der Waals surface area contributed by atoms with E-state index in [-0.39, 0.29) is 11.6 Å². The minimum atomic E-state index is 0.0182. The lowest BCUT2D eigenvalue weighted by Crippen LogP contribution is -2.36. The van der Waals surface area contributed by atoms with Crippen LogP contribution >= 0.6 is 11.6 Å². The summed E-state index contributed by atoms with van der Waals surface area (Å²) >= 11 is 5.78. The Morgan fingerprint density at radius 1 is 1.26 bits per heavy atom. The SMILES string of the molecule is Oc1cc(Cl)ccc1-c1nc(N2CCOCC2)no1. The van der Waals surface area contributed by atoms with E-state index in [1.807, 2.05) is 4.90 Å². The Hall–Kier alpha value is -1.79. The molecule has 0 spiro atoms. The van der Waals surface area contributed by atoms with Gasteiger partial charge in [0.1, 0.15) is 5.75 Å². The van der Waals surface area contributed by atoms with E-state index in [9.17, 15) is 5.11 Å². The average Bonchev–Trinajstić information content (AvgIpc) is 2.89. The van der Waals surface area contributed by atoms with E-state index in [0.29, 0.717) is 29.7 Å². The van der Waals surface area contributed by atoms with Gasteiger partial charge in [0.25, 0.3) is 11.8 Å². The second-order valence-electron chi connectivity index (χ2n) is 4.16. The lowest BCUT2D eigenvalue weighted by Gasteiger charge is -2.24. The second-order valence-corrected chi connectivity index (χ2v) is 4.60. The summed E-state index contributed by atoms with van der Waals surface area (Å²) < 4.78 is 10.4. The molecule has 2 heterocycles. The molecule has 1 aromatic heterocycles. The van der Waals surface area contributed by atoms with Crippen LogP contribution in [0.2, 0.25) is 5.02 Å². The van der Waals surface area contributed by atoms with E-state index in [0.717, 1.165) is 13.1 Å². The van der Waals surface area contributed by atoms with Gasteiger partial charge in [0, 0.05) is 18.1 Å². The molecule has 1 N–H and O–H groups in total. The monoisotopic (exact) mass is 281 g/mol. The summed E-state index contributed by atoms with van der Waals surface area (Å²) in [7, 11) is 0. The highest BCUT2D eigenvalue weighted by molar-refractivity contribution is 6.30. The first-order chi connectivity index (χ1) is 9.24. The number of nitrogens with zero attached hydrogens (tertiary/aromatic N) is 3. The Kier molecular flexibility index (Phi) is 3.27. The van der Waals surface area contributed by atoms with Gasteiger partial charge in [-0.1, -0.05) is 11.6 Å². The Bertz CT molecular complexity index is 581. The number of rotatable bonds is 2. The number of phenols is 1. The lowest BCUT2D eigenvalue weighted by atomic mass is 10.2. The molecule has 0 bridgehead atoms. The minimum absolute atomic E-state index is 0.0182. The predicted molar refractivity (Wildman–Crippen MR) is 69.4 cm³/mol. The fourth-order valence-corrected chi connectivity index (χ4v) is 2.07. The molecule has 1 fully saturated rings. The van der Waals surface area contributed by atoms with Crippen LogP contribution in [0.15, 0.2) is 22.7 Å². The molecule has 0 amide bonds. The average molecular weight is 282 g/mol. The van der Waals surface area contributed by atoms with Gasteiger partial charge in [0.15, 0.2) is 0 Å². The van der Waals surface area contributed by atoms with Gasteiger partial charge in [-0.2, -0.15) is 4.98 Å². The van der Waals surface area contributed by atoms with Crippen molar-refractivity contribution < 1.29 is 14.4 Å². The van der Waals surface area contributed by atoms with Crippen LogP contribution in [0.3, 0.4) is 0 Å². The fourth-order valence-electron chi connectivity index (χ4n) is 1.90. The molecule has 0 aliphatic carbocycles. The zero-order valence-electron chi connectivity index (χ0n) is 10.0. The van der Waals surface area contributed by atoms with E-state index in [1.165, 1.54) is 6.07 Å². The molecule has 3 rings (SSSR count). The number of benzene rings is 1. The van der Waals surface area contributed by atoms with Crippen molar-refractivity contribution in [3.63, 3.8) is 0 Å². The summed E-state index contributed by atoms with van der Waals surface area (Å²) in [6.07, 6.45) is 0. The van der Waals surface area contributed by atoms with Gasteiger partial charge in [0.2, 0.25) is 0 Å². The molecule has 6 nitrogen and oxygen atoms in total. The third kappa shape index (κ3) is 2.50. The maximum absolute atomic E-state index is 9.82. The number of aromatic hydroxyl groups is 1. The van der Waals surface area contributed by atoms with Crippen LogP contribution < -0.4 is 4.90 Å². The van der Waals surface area contributed by atoms with Crippen molar-refractivity contribution >= 4 is 17.5 Å². The van der Waals surface area contributed by atoms with Crippen molar-refractivity contribution in [3.05, 3.63) is 23.2 Å². The molecule has 0 radical (unpaired) electrons. The molecule has 2 aromatic rings. The van der Waals surface area contributed by atoms with E-state index in [4.69, 9.17) is 20.9 Å². The van der Waals surface area contributed by atoms with Crippen LogP contribution in [0, 0.1) is 0 Å². The summed E-state index contributed by atoms with van der Waals surface area (Å²) in [5, 5.41) is 14.2. The van der Waals surface area contributed by atoms with Gasteiger partial charge < -0.3 is 19.3 Å². The van der Waals surface area contributed by atoms with Gasteiger partial charge in [-0.25, -0.2) is 0 Å². The minimum Gasteiger partial charge on any atom is -0.507 e. The highest BCUT2D eigenvalue weighted by atomic mass is 35.5. The maximum Gasteiger partial charge on any atom is 0.266 e. The van der Waals surface area contributed by atoms with Crippen molar-refractivity contribution in [2.75, 3.05) is 31.2 Å². The van der Waals surface area contributed by atoms with Gasteiger partial charge >= 0.3 is 0 Å². The first kappa shape index (κ1) is 12.3. The molecule has 1 aliphatic rings. The molecular weight excluding hydrogens is 270 g/mol. The number of hydrogen-bond acceptors (Lipinski definition) is 6. The largest absolute Gasteiger partial charge is 0.507 e. The van der Waals surface area contributed by atoms with Gasteiger partial charge in [0.05, 0.1) is 18.8 Å². The van der Waals surface area contributed by atoms with Crippen LogP contribution in [0.5, 0.6) is 5.75 Å². The Morgan fingerprint density at radius 2 is 2.05 bits per heavy atom. The fraction of sp³-hybridized carbons (Fsp3) is 0.333. The summed E-state index contributed by atoms with van der Waals surface area (Å²) in [6, 6.07) is 4.75. The molecule has 1 saturated heterocycles. The lowest BCUT2D eigenvalue weighted by molar-refractivity contribution is 0.121. The Labute approximate surface area is 114 Å². The van der Waals surface area contributed by atoms with Crippen molar-refractivity contribution in [1.29, 1.82) is 0 Å². The highest BCUT2D eigenvalue weighted by Gasteiger charge is 2.19. The van der Waals surface area contributed by atoms with E-state index >= 15 is 0 Å². The number of anilines is 1. The maximum atomic E-state index is 9.82. The third-order valence-electron chi connectivity index (χ3n) is 2.90. The first-order valence-corrected chi connectivity index (χ1v) is 6.27. The van der Waals surface area contributed by atoms with Crippen LogP contribution in [0.4, 0.5) is 5.95 Å². The number of phenolic OH excluding ortho intramolecular Hbond substituents is 1. The number of aromatic nitrogens is 2. The summed E-state index contributed by atoms with van der Waals surface area (Å²) in [4.78, 5) is 6.26. The third-order valence-corrected chi connectivity index (χ3v) is 3.13. The number of hydrogen-bond donors (Lipinski definition) is 1. The van der Waals surface area contributed by atoms with Gasteiger partial charge in [-0.15, -0.1) is 0 Å². The topological polar surface area (TPSA) is 71.6 Å². The van der Waals surface area contributed by atoms with Crippen LogP contribution in [0.1, 0.15) is 0 Å². The smallest absolute Gasteiger partial charge is 0.266 e. The van der Waals surface area contributed by atoms with E-state index < -0.39 is 0 Å². The molecule has 7 heteroatoms. The van der Waals surface area contributed by atoms with Gasteiger partial charge in [-0.05, 0) is 23.4 Å². The number of ether oxygens (including phenoxy) is 1. The van der Waals surface area contributed by atoms with Gasteiger partial charge in [-0.3, -0.25) is 0 Å². The number of halogens is 1. The predicted octanol–water partition coefficient (Wildman–Crippen LogP) is 1.93. The number of morpholine rings is 1. The zero-order chi connectivity index (χ0) is 13.2. The van der Waals surface area contributed by atoms with Crippen molar-refractivity contribution in [1.82, 2.24) is 10.1 Å². The van der Waals surface area contributed by atoms with Crippen molar-refractivity contribution in [2.45, 2.75) is 0 Å². The second kappa shape index (κ2) is 5.07. The van der Waals surface area contributed by atoms with Crippen molar-refractivity contribution in [3.8, 4) is 17.2 Å². The van der Waals surface area contributed by atoms with Crippen LogP contribution in [-0.2, 0) is 4.74 Å². The summed E-state index contributed by atoms with van der Waals surface area (Å²) in [6.45, 7) is 2.75. The molecule has 19 heavy (non-hydrogen) atoms. The normalized spacial score (nSPS) is 15.7. The molecule has 0 unspecified atom stereocenters. The van der Waals surface area contributed by atoms with Crippen LogP contribution in [0.25, 0.3) is 11.5 Å². The first-order valence-electron chi connectivity index (χ1n) is 5.89.